The second kappa shape index (κ2) is 4.90. The number of aldehydes is 1. The van der Waals surface area contributed by atoms with Gasteiger partial charge >= 0.3 is 0 Å². The van der Waals surface area contributed by atoms with Gasteiger partial charge in [-0.2, -0.15) is 0 Å². The first kappa shape index (κ1) is 13.4. The molecule has 0 saturated carbocycles. The largest absolute Gasteiger partial charge is 0.350 e. The lowest BCUT2D eigenvalue weighted by molar-refractivity contribution is -0.112. The summed E-state index contributed by atoms with van der Waals surface area (Å²) in [4.78, 5) is 12.4. The number of halogens is 1. The number of benzene rings is 1. The van der Waals surface area contributed by atoms with Crippen LogP contribution < -0.4 is 10.6 Å². The summed E-state index contributed by atoms with van der Waals surface area (Å²) >= 11 is 5.18. The number of carbonyl (C=O) groups is 1. The fourth-order valence-corrected chi connectivity index (χ4v) is 4.75. The fraction of sp³-hybridized carbons (Fsp3) is 0.267. The first-order valence-corrected chi connectivity index (χ1v) is 8.47. The van der Waals surface area contributed by atoms with Crippen molar-refractivity contribution in [3.63, 3.8) is 0 Å². The van der Waals surface area contributed by atoms with Crippen molar-refractivity contribution in [1.29, 1.82) is 0 Å². The Bertz CT molecular complexity index is 749. The molecule has 0 amide bonds. The van der Waals surface area contributed by atoms with E-state index in [0.29, 0.717) is 0 Å². The van der Waals surface area contributed by atoms with Crippen LogP contribution >= 0.6 is 27.7 Å². The van der Waals surface area contributed by atoms with E-state index in [1.807, 2.05) is 35.0 Å². The Balaban J connectivity index is 1.83. The van der Waals surface area contributed by atoms with Crippen molar-refractivity contribution in [3.8, 4) is 0 Å². The maximum Gasteiger partial charge on any atom is 0.225 e. The van der Waals surface area contributed by atoms with Crippen LogP contribution in [0.4, 0.5) is 0 Å². The Morgan fingerprint density at radius 2 is 2.29 bits per heavy atom. The molecule has 2 aromatic rings. The van der Waals surface area contributed by atoms with E-state index in [2.05, 4.69) is 26.6 Å². The van der Waals surface area contributed by atoms with Gasteiger partial charge in [-0.1, -0.05) is 33.8 Å². The molecule has 3 heterocycles. The van der Waals surface area contributed by atoms with Crippen LogP contribution in [0.1, 0.15) is 6.42 Å². The number of hydrogen-bond donors (Lipinski definition) is 2. The first-order chi connectivity index (χ1) is 10.2. The zero-order valence-electron chi connectivity index (χ0n) is 11.2. The third-order valence-corrected chi connectivity index (χ3v) is 6.01. The van der Waals surface area contributed by atoms with Crippen LogP contribution in [0.15, 0.2) is 45.5 Å². The summed E-state index contributed by atoms with van der Waals surface area (Å²) in [5, 5.41) is 7.93. The van der Waals surface area contributed by atoms with E-state index in [0.717, 1.165) is 41.2 Å². The Morgan fingerprint density at radius 1 is 1.38 bits per heavy atom. The van der Waals surface area contributed by atoms with E-state index in [4.69, 9.17) is 0 Å². The second-order valence-electron chi connectivity index (χ2n) is 5.23. The van der Waals surface area contributed by atoms with E-state index in [1.165, 1.54) is 10.6 Å². The van der Waals surface area contributed by atoms with Gasteiger partial charge < -0.3 is 15.2 Å². The molecule has 0 aliphatic carbocycles. The molecule has 6 heteroatoms. The SMILES string of the molecule is O=CC1(n2ccc3c(Br)cccc32)NC2=C(CNCC2)S1. The summed E-state index contributed by atoms with van der Waals surface area (Å²) in [6, 6.07) is 8.10. The predicted molar refractivity (Wildman–Crippen MR) is 88.9 cm³/mol. The van der Waals surface area contributed by atoms with Gasteiger partial charge in [0.15, 0.2) is 6.29 Å². The van der Waals surface area contributed by atoms with E-state index in [-0.39, 0.29) is 0 Å². The average molecular weight is 364 g/mol. The molecule has 0 radical (unpaired) electrons. The standard InChI is InChI=1S/C15H14BrN3OS/c16-11-2-1-3-13-10(11)5-7-19(13)15(9-20)18-12-4-6-17-8-14(12)21-15/h1-3,5,7,9,17-18H,4,6,8H2. The molecule has 0 spiro atoms. The van der Waals surface area contributed by atoms with Crippen LogP contribution in [0, 0.1) is 0 Å². The van der Waals surface area contributed by atoms with Crippen LogP contribution in [0.3, 0.4) is 0 Å². The number of aromatic nitrogens is 1. The smallest absolute Gasteiger partial charge is 0.225 e. The number of nitrogens with zero attached hydrogens (tertiary/aromatic N) is 1. The third-order valence-electron chi connectivity index (χ3n) is 3.98. The molecule has 0 saturated heterocycles. The highest BCUT2D eigenvalue weighted by molar-refractivity contribution is 9.10. The molecule has 1 aromatic heterocycles. The topological polar surface area (TPSA) is 46.1 Å². The Hall–Kier alpha value is -1.24. The minimum absolute atomic E-state index is 0.765. The molecule has 1 aromatic carbocycles. The molecule has 108 valence electrons. The maximum absolute atomic E-state index is 11.9. The third kappa shape index (κ3) is 1.97. The van der Waals surface area contributed by atoms with Crippen molar-refractivity contribution in [2.24, 2.45) is 0 Å². The molecular formula is C15H14BrN3OS. The van der Waals surface area contributed by atoms with Crippen LogP contribution in [0.25, 0.3) is 10.9 Å². The van der Waals surface area contributed by atoms with Crippen molar-refractivity contribution in [2.75, 3.05) is 13.1 Å². The minimum Gasteiger partial charge on any atom is -0.350 e. The summed E-state index contributed by atoms with van der Waals surface area (Å²) in [5.74, 6) is 0. The van der Waals surface area contributed by atoms with Gasteiger partial charge in [0.05, 0.1) is 5.52 Å². The highest BCUT2D eigenvalue weighted by Crippen LogP contribution is 2.44. The van der Waals surface area contributed by atoms with E-state index in [9.17, 15) is 4.79 Å². The summed E-state index contributed by atoms with van der Waals surface area (Å²) in [6.07, 6.45) is 3.94. The summed E-state index contributed by atoms with van der Waals surface area (Å²) < 4.78 is 3.07. The van der Waals surface area contributed by atoms with Gasteiger partial charge in [0, 0.05) is 46.2 Å². The second-order valence-corrected chi connectivity index (χ2v) is 7.40. The highest BCUT2D eigenvalue weighted by atomic mass is 79.9. The lowest BCUT2D eigenvalue weighted by Crippen LogP contribution is -2.42. The minimum atomic E-state index is -0.765. The lowest BCUT2D eigenvalue weighted by Gasteiger charge is -2.27. The molecule has 4 nitrogen and oxygen atoms in total. The molecule has 1 unspecified atom stereocenters. The molecule has 2 N–H and O–H groups in total. The van der Waals surface area contributed by atoms with Gasteiger partial charge in [-0.25, -0.2) is 0 Å². The van der Waals surface area contributed by atoms with Crippen molar-refractivity contribution in [3.05, 3.63) is 45.5 Å². The number of thioether (sulfide) groups is 1. The van der Waals surface area contributed by atoms with E-state index < -0.39 is 4.99 Å². The number of hydrogen-bond acceptors (Lipinski definition) is 4. The van der Waals surface area contributed by atoms with Crippen molar-refractivity contribution in [2.45, 2.75) is 11.4 Å². The van der Waals surface area contributed by atoms with Crippen molar-refractivity contribution < 1.29 is 4.79 Å². The van der Waals surface area contributed by atoms with Gasteiger partial charge in [-0.15, -0.1) is 0 Å². The zero-order chi connectivity index (χ0) is 14.4. The Labute approximate surface area is 135 Å². The van der Waals surface area contributed by atoms with Gasteiger partial charge in [0.1, 0.15) is 0 Å². The average Bonchev–Trinajstić information content (AvgIpc) is 3.09. The van der Waals surface area contributed by atoms with Gasteiger partial charge in [0.25, 0.3) is 0 Å². The molecule has 4 rings (SSSR count). The molecule has 21 heavy (non-hydrogen) atoms. The van der Waals surface area contributed by atoms with Crippen LogP contribution in [-0.2, 0) is 9.79 Å². The fourth-order valence-electron chi connectivity index (χ4n) is 2.96. The van der Waals surface area contributed by atoms with Crippen LogP contribution in [-0.4, -0.2) is 23.9 Å². The van der Waals surface area contributed by atoms with Gasteiger partial charge in [-0.05, 0) is 18.2 Å². The van der Waals surface area contributed by atoms with E-state index in [1.54, 1.807) is 11.8 Å². The zero-order valence-corrected chi connectivity index (χ0v) is 13.6. The number of rotatable bonds is 2. The van der Waals surface area contributed by atoms with Crippen LogP contribution in [0.2, 0.25) is 0 Å². The van der Waals surface area contributed by atoms with Crippen molar-refractivity contribution in [1.82, 2.24) is 15.2 Å². The molecular weight excluding hydrogens is 350 g/mol. The lowest BCUT2D eigenvalue weighted by atomic mass is 10.2. The van der Waals surface area contributed by atoms with E-state index >= 15 is 0 Å². The molecule has 2 aliphatic heterocycles. The number of carbonyl (C=O) groups excluding carboxylic acids is 1. The molecule has 2 aliphatic rings. The van der Waals surface area contributed by atoms with Crippen LogP contribution in [0.5, 0.6) is 0 Å². The van der Waals surface area contributed by atoms with Gasteiger partial charge in [-0.3, -0.25) is 4.79 Å². The summed E-state index contributed by atoms with van der Waals surface area (Å²) in [6.45, 7) is 1.80. The quantitative estimate of drug-likeness (QED) is 0.805. The van der Waals surface area contributed by atoms with Crippen molar-refractivity contribution >= 4 is 44.9 Å². The number of nitrogens with one attached hydrogen (secondary N) is 2. The normalized spacial score (nSPS) is 25.0. The molecule has 0 bridgehead atoms. The highest BCUT2D eigenvalue weighted by Gasteiger charge is 2.42. The summed E-state index contributed by atoms with van der Waals surface area (Å²) in [7, 11) is 0. The van der Waals surface area contributed by atoms with Gasteiger partial charge in [0.2, 0.25) is 4.99 Å². The molecule has 0 fully saturated rings. The Morgan fingerprint density at radius 3 is 3.10 bits per heavy atom. The molecule has 1 atom stereocenters. The maximum atomic E-state index is 11.9. The number of fused-ring (bicyclic) bond motifs is 1. The Kier molecular flexibility index (Phi) is 3.13. The predicted octanol–water partition coefficient (Wildman–Crippen LogP) is 2.75. The monoisotopic (exact) mass is 363 g/mol. The first-order valence-electron chi connectivity index (χ1n) is 6.86. The summed E-state index contributed by atoms with van der Waals surface area (Å²) in [5.41, 5.74) is 2.24.